The maximum atomic E-state index is 12.3. The third-order valence-electron chi connectivity index (χ3n) is 3.21. The summed E-state index contributed by atoms with van der Waals surface area (Å²) in [5.74, 6) is 2.71. The first kappa shape index (κ1) is 17.7. The van der Waals surface area contributed by atoms with E-state index in [4.69, 9.17) is 16.4 Å². The highest BCUT2D eigenvalue weighted by Crippen LogP contribution is 2.23. The Morgan fingerprint density at radius 2 is 2.21 bits per heavy atom. The molecule has 0 aliphatic heterocycles. The minimum atomic E-state index is -0.955. The number of nitriles is 1. The van der Waals surface area contributed by atoms with Crippen LogP contribution in [0.5, 0.6) is 5.75 Å². The van der Waals surface area contributed by atoms with Crippen LogP contribution < -0.4 is 10.1 Å². The van der Waals surface area contributed by atoms with Gasteiger partial charge in [-0.25, -0.2) is 0 Å². The van der Waals surface area contributed by atoms with Gasteiger partial charge in [-0.2, -0.15) is 5.26 Å². The van der Waals surface area contributed by atoms with E-state index in [9.17, 15) is 4.79 Å². The van der Waals surface area contributed by atoms with E-state index in [1.807, 2.05) is 12.1 Å². The standard InChI is InChI=1S/C18H17N3O2S/c1-5-12-8-13-9-14(6-7-15(13)20-10-12)23-17(24-4)16(22)21-18(2,3)11-19/h1,6-10,17H,2-4H3,(H,21,22). The minimum absolute atomic E-state index is 0.357. The van der Waals surface area contributed by atoms with Crippen LogP contribution in [0.25, 0.3) is 10.9 Å². The molecule has 1 aromatic heterocycles. The van der Waals surface area contributed by atoms with Gasteiger partial charge in [-0.3, -0.25) is 9.78 Å². The number of aromatic nitrogens is 1. The molecular formula is C18H17N3O2S. The van der Waals surface area contributed by atoms with Crippen molar-refractivity contribution >= 4 is 28.6 Å². The topological polar surface area (TPSA) is 75.0 Å². The van der Waals surface area contributed by atoms with E-state index in [1.165, 1.54) is 11.8 Å². The maximum absolute atomic E-state index is 12.3. The van der Waals surface area contributed by atoms with Gasteiger partial charge in [0, 0.05) is 17.1 Å². The molecule has 6 heteroatoms. The summed E-state index contributed by atoms with van der Waals surface area (Å²) in [6.07, 6.45) is 8.79. The summed E-state index contributed by atoms with van der Waals surface area (Å²) < 4.78 is 5.76. The Balaban J connectivity index is 2.22. The zero-order chi connectivity index (χ0) is 17.7. The van der Waals surface area contributed by atoms with E-state index < -0.39 is 11.0 Å². The van der Waals surface area contributed by atoms with Crippen LogP contribution in [0.3, 0.4) is 0 Å². The monoisotopic (exact) mass is 339 g/mol. The number of benzene rings is 1. The molecule has 0 aliphatic rings. The van der Waals surface area contributed by atoms with E-state index >= 15 is 0 Å². The fraction of sp³-hybridized carbons (Fsp3) is 0.278. The molecule has 122 valence electrons. The Labute approximate surface area is 145 Å². The van der Waals surface area contributed by atoms with Crippen molar-refractivity contribution in [2.75, 3.05) is 6.26 Å². The van der Waals surface area contributed by atoms with Gasteiger partial charge in [-0.05, 0) is 44.4 Å². The number of hydrogen-bond acceptors (Lipinski definition) is 5. The Kier molecular flexibility index (Phi) is 5.33. The molecule has 1 N–H and O–H groups in total. The summed E-state index contributed by atoms with van der Waals surface area (Å²) in [6.45, 7) is 3.26. The number of hydrogen-bond donors (Lipinski definition) is 1. The average molecular weight is 339 g/mol. The first-order chi connectivity index (χ1) is 11.4. The molecule has 2 rings (SSSR count). The molecule has 5 nitrogen and oxygen atoms in total. The molecule has 24 heavy (non-hydrogen) atoms. The number of carbonyl (C=O) groups is 1. The molecule has 0 radical (unpaired) electrons. The number of amides is 1. The number of terminal acetylenes is 1. The van der Waals surface area contributed by atoms with Crippen molar-refractivity contribution in [3.63, 3.8) is 0 Å². The summed E-state index contributed by atoms with van der Waals surface area (Å²) >= 11 is 1.25. The molecule has 1 heterocycles. The Morgan fingerprint density at radius 3 is 2.83 bits per heavy atom. The van der Waals surface area contributed by atoms with Crippen molar-refractivity contribution in [3.05, 3.63) is 36.0 Å². The van der Waals surface area contributed by atoms with Gasteiger partial charge in [0.15, 0.2) is 0 Å². The molecule has 1 amide bonds. The number of ether oxygens (including phenoxy) is 1. The fourth-order valence-corrected chi connectivity index (χ4v) is 2.47. The van der Waals surface area contributed by atoms with E-state index in [1.54, 1.807) is 44.5 Å². The van der Waals surface area contributed by atoms with Crippen molar-refractivity contribution in [3.8, 4) is 24.2 Å². The Morgan fingerprint density at radius 1 is 1.46 bits per heavy atom. The third kappa shape index (κ3) is 4.18. The number of rotatable bonds is 5. The quantitative estimate of drug-likeness (QED) is 0.669. The lowest BCUT2D eigenvalue weighted by Crippen LogP contribution is -2.47. The van der Waals surface area contributed by atoms with Crippen LogP contribution >= 0.6 is 11.8 Å². The summed E-state index contributed by atoms with van der Waals surface area (Å²) in [4.78, 5) is 16.5. The summed E-state index contributed by atoms with van der Waals surface area (Å²) in [5.41, 5.74) is -0.255. The number of thioether (sulfide) groups is 1. The lowest BCUT2D eigenvalue weighted by Gasteiger charge is -2.22. The molecular weight excluding hydrogens is 322 g/mol. The van der Waals surface area contributed by atoms with Crippen molar-refractivity contribution in [1.82, 2.24) is 10.3 Å². The Hall–Kier alpha value is -2.70. The number of pyridine rings is 1. The van der Waals surface area contributed by atoms with Crippen LogP contribution in [0.15, 0.2) is 30.5 Å². The van der Waals surface area contributed by atoms with Crippen molar-refractivity contribution in [2.45, 2.75) is 24.8 Å². The van der Waals surface area contributed by atoms with Crippen LogP contribution in [0, 0.1) is 23.7 Å². The first-order valence-corrected chi connectivity index (χ1v) is 8.46. The molecule has 0 saturated carbocycles. The minimum Gasteiger partial charge on any atom is -0.470 e. The van der Waals surface area contributed by atoms with E-state index in [-0.39, 0.29) is 5.91 Å². The van der Waals surface area contributed by atoms with E-state index in [0.29, 0.717) is 11.3 Å². The second-order valence-electron chi connectivity index (χ2n) is 5.63. The second-order valence-corrected chi connectivity index (χ2v) is 6.53. The lowest BCUT2D eigenvalue weighted by atomic mass is 10.1. The van der Waals surface area contributed by atoms with Crippen LogP contribution in [0.2, 0.25) is 0 Å². The molecule has 1 aromatic carbocycles. The van der Waals surface area contributed by atoms with Gasteiger partial charge in [-0.15, -0.1) is 18.2 Å². The maximum Gasteiger partial charge on any atom is 0.272 e. The summed E-state index contributed by atoms with van der Waals surface area (Å²) in [5, 5.41) is 12.5. The van der Waals surface area contributed by atoms with Gasteiger partial charge < -0.3 is 10.1 Å². The smallest absolute Gasteiger partial charge is 0.272 e. The lowest BCUT2D eigenvalue weighted by molar-refractivity contribution is -0.125. The SMILES string of the molecule is C#Cc1cnc2ccc(OC(SC)C(=O)NC(C)(C)C#N)cc2c1. The number of nitrogens with one attached hydrogen (secondary N) is 1. The first-order valence-electron chi connectivity index (χ1n) is 7.17. The van der Waals surface area contributed by atoms with Crippen LogP contribution in [0.1, 0.15) is 19.4 Å². The van der Waals surface area contributed by atoms with Gasteiger partial charge in [-0.1, -0.05) is 5.92 Å². The van der Waals surface area contributed by atoms with Crippen LogP contribution in [0.4, 0.5) is 0 Å². The highest BCUT2D eigenvalue weighted by Gasteiger charge is 2.26. The van der Waals surface area contributed by atoms with Gasteiger partial charge in [0.2, 0.25) is 5.44 Å². The van der Waals surface area contributed by atoms with Gasteiger partial charge in [0.1, 0.15) is 11.3 Å². The molecule has 1 unspecified atom stereocenters. The number of nitrogens with zero attached hydrogens (tertiary/aromatic N) is 2. The number of fused-ring (bicyclic) bond motifs is 1. The zero-order valence-corrected chi connectivity index (χ0v) is 14.5. The molecule has 0 fully saturated rings. The van der Waals surface area contributed by atoms with Crippen LogP contribution in [-0.4, -0.2) is 28.1 Å². The van der Waals surface area contributed by atoms with E-state index in [2.05, 4.69) is 16.2 Å². The second kappa shape index (κ2) is 7.25. The van der Waals surface area contributed by atoms with Crippen molar-refractivity contribution < 1.29 is 9.53 Å². The van der Waals surface area contributed by atoms with E-state index in [0.717, 1.165) is 10.9 Å². The zero-order valence-electron chi connectivity index (χ0n) is 13.7. The molecule has 0 bridgehead atoms. The van der Waals surface area contributed by atoms with Crippen molar-refractivity contribution in [1.29, 1.82) is 5.26 Å². The Bertz CT molecular complexity index is 849. The normalized spacial score (nSPS) is 12.0. The predicted molar refractivity (Wildman–Crippen MR) is 95.4 cm³/mol. The van der Waals surface area contributed by atoms with Gasteiger partial charge in [0.25, 0.3) is 5.91 Å². The van der Waals surface area contributed by atoms with Gasteiger partial charge in [0.05, 0.1) is 11.6 Å². The molecule has 0 aliphatic carbocycles. The van der Waals surface area contributed by atoms with Crippen molar-refractivity contribution in [2.24, 2.45) is 0 Å². The average Bonchev–Trinajstić information content (AvgIpc) is 2.58. The highest BCUT2D eigenvalue weighted by molar-refractivity contribution is 7.99. The molecule has 1 atom stereocenters. The number of carbonyl (C=O) groups excluding carboxylic acids is 1. The largest absolute Gasteiger partial charge is 0.470 e. The summed E-state index contributed by atoms with van der Waals surface area (Å²) in [6, 6.07) is 9.20. The molecule has 0 spiro atoms. The molecule has 2 aromatic rings. The third-order valence-corrected chi connectivity index (χ3v) is 3.94. The predicted octanol–water partition coefficient (Wildman–Crippen LogP) is 2.70. The summed E-state index contributed by atoms with van der Waals surface area (Å²) in [7, 11) is 0. The van der Waals surface area contributed by atoms with Gasteiger partial charge >= 0.3 is 0 Å². The van der Waals surface area contributed by atoms with Crippen LogP contribution in [-0.2, 0) is 4.79 Å². The molecule has 0 saturated heterocycles. The fourth-order valence-electron chi connectivity index (χ4n) is 1.99. The highest BCUT2D eigenvalue weighted by atomic mass is 32.2.